The first-order chi connectivity index (χ1) is 12.5. The molecule has 0 unspecified atom stereocenters. The number of carbonyl (C=O) groups excluding carboxylic acids is 1. The molecule has 0 bridgehead atoms. The van der Waals surface area contributed by atoms with E-state index in [2.05, 4.69) is 43.4 Å². The first-order valence-corrected chi connectivity index (χ1v) is 9.61. The first-order valence-electron chi connectivity index (χ1n) is 9.61. The molecule has 1 saturated carbocycles. The Morgan fingerprint density at radius 2 is 2.00 bits per heavy atom. The van der Waals surface area contributed by atoms with E-state index in [1.807, 2.05) is 19.3 Å². The van der Waals surface area contributed by atoms with Gasteiger partial charge in [-0.1, -0.05) is 11.6 Å². The maximum atomic E-state index is 12.8. The number of benzene rings is 1. The third-order valence-electron chi connectivity index (χ3n) is 5.42. The molecule has 2 aromatic rings. The van der Waals surface area contributed by atoms with Crippen LogP contribution in [0, 0.1) is 6.92 Å². The van der Waals surface area contributed by atoms with Crippen molar-refractivity contribution < 1.29 is 9.53 Å². The third kappa shape index (κ3) is 4.27. The molecular formula is C21H31N3O2. The number of carbonyl (C=O) groups is 1. The average molecular weight is 357 g/mol. The molecule has 1 aliphatic carbocycles. The molecule has 3 rings (SSSR count). The van der Waals surface area contributed by atoms with Gasteiger partial charge >= 0.3 is 6.09 Å². The Bertz CT molecular complexity index is 758. The summed E-state index contributed by atoms with van der Waals surface area (Å²) < 4.78 is 7.53. The molecule has 0 atom stereocenters. The largest absolute Gasteiger partial charge is 0.446 e. The average Bonchev–Trinajstić information content (AvgIpc) is 2.98. The number of fused-ring (bicyclic) bond motifs is 1. The highest BCUT2D eigenvalue weighted by atomic mass is 16.6. The molecule has 5 nitrogen and oxygen atoms in total. The Morgan fingerprint density at radius 1 is 1.27 bits per heavy atom. The fourth-order valence-corrected chi connectivity index (χ4v) is 3.78. The molecule has 0 aliphatic heterocycles. The highest BCUT2D eigenvalue weighted by molar-refractivity contribution is 5.92. The Hall–Kier alpha value is -1.85. The summed E-state index contributed by atoms with van der Waals surface area (Å²) in [5.74, 6) is 0. The fraction of sp³-hybridized carbons (Fsp3) is 0.571. The highest BCUT2D eigenvalue weighted by Gasteiger charge is 2.24. The van der Waals surface area contributed by atoms with Crippen LogP contribution in [0.2, 0.25) is 0 Å². The quantitative estimate of drug-likeness (QED) is 0.889. The minimum atomic E-state index is -0.247. The molecule has 1 fully saturated rings. The van der Waals surface area contributed by atoms with E-state index >= 15 is 0 Å². The van der Waals surface area contributed by atoms with Crippen LogP contribution in [0.15, 0.2) is 24.4 Å². The zero-order valence-electron chi connectivity index (χ0n) is 16.4. The van der Waals surface area contributed by atoms with E-state index in [1.165, 1.54) is 11.1 Å². The molecule has 0 amide bonds. The van der Waals surface area contributed by atoms with Crippen LogP contribution in [0.25, 0.3) is 10.9 Å². The van der Waals surface area contributed by atoms with Crippen LogP contribution in [0.5, 0.6) is 0 Å². The molecule has 1 aromatic heterocycles. The van der Waals surface area contributed by atoms with Crippen molar-refractivity contribution in [2.45, 2.75) is 51.2 Å². The van der Waals surface area contributed by atoms with Crippen LogP contribution in [0.1, 0.15) is 36.8 Å². The maximum Gasteiger partial charge on any atom is 0.418 e. The first kappa shape index (κ1) is 18.9. The van der Waals surface area contributed by atoms with E-state index in [1.54, 1.807) is 4.57 Å². The van der Waals surface area contributed by atoms with Gasteiger partial charge in [0.2, 0.25) is 0 Å². The van der Waals surface area contributed by atoms with Crippen molar-refractivity contribution in [2.24, 2.45) is 0 Å². The summed E-state index contributed by atoms with van der Waals surface area (Å²) in [5, 5.41) is 4.47. The van der Waals surface area contributed by atoms with Gasteiger partial charge in [0.05, 0.1) is 5.52 Å². The molecule has 26 heavy (non-hydrogen) atoms. The van der Waals surface area contributed by atoms with Crippen LogP contribution < -0.4 is 5.32 Å². The van der Waals surface area contributed by atoms with Gasteiger partial charge in [0.15, 0.2) is 0 Å². The van der Waals surface area contributed by atoms with E-state index in [9.17, 15) is 4.79 Å². The van der Waals surface area contributed by atoms with Crippen LogP contribution in [0.3, 0.4) is 0 Å². The lowest BCUT2D eigenvalue weighted by Crippen LogP contribution is -2.34. The molecule has 1 aliphatic rings. The second kappa shape index (κ2) is 8.23. The lowest BCUT2D eigenvalue weighted by Gasteiger charge is -2.28. The lowest BCUT2D eigenvalue weighted by molar-refractivity contribution is 0.0712. The monoisotopic (exact) mass is 357 g/mol. The van der Waals surface area contributed by atoms with Crippen LogP contribution >= 0.6 is 0 Å². The molecule has 1 aromatic carbocycles. The van der Waals surface area contributed by atoms with Gasteiger partial charge in [-0.25, -0.2) is 4.79 Å². The SMILES string of the molecule is CNC1CCC(OC(=O)n2cc(CCN(C)C)c3cc(C)ccc32)CC1. The summed E-state index contributed by atoms with van der Waals surface area (Å²) in [4.78, 5) is 15.0. The summed E-state index contributed by atoms with van der Waals surface area (Å²) in [6.45, 7) is 3.04. The van der Waals surface area contributed by atoms with E-state index in [0.717, 1.165) is 49.6 Å². The van der Waals surface area contributed by atoms with Crippen molar-refractivity contribution in [1.29, 1.82) is 0 Å². The number of aryl methyl sites for hydroxylation is 1. The summed E-state index contributed by atoms with van der Waals surface area (Å²) >= 11 is 0. The number of nitrogens with zero attached hydrogens (tertiary/aromatic N) is 2. The molecule has 0 saturated heterocycles. The second-order valence-corrected chi connectivity index (χ2v) is 7.74. The molecule has 142 valence electrons. The van der Waals surface area contributed by atoms with Gasteiger partial charge in [-0.2, -0.15) is 0 Å². The van der Waals surface area contributed by atoms with Gasteiger partial charge in [-0.05, 0) is 77.9 Å². The van der Waals surface area contributed by atoms with Crippen molar-refractivity contribution >= 4 is 17.0 Å². The number of likely N-dealkylation sites (N-methyl/N-ethyl adjacent to an activating group) is 1. The number of aromatic nitrogens is 1. The summed E-state index contributed by atoms with van der Waals surface area (Å²) in [5.41, 5.74) is 3.35. The molecule has 0 radical (unpaired) electrons. The number of hydrogen-bond acceptors (Lipinski definition) is 4. The van der Waals surface area contributed by atoms with Gasteiger partial charge in [-0.15, -0.1) is 0 Å². The highest BCUT2D eigenvalue weighted by Crippen LogP contribution is 2.26. The normalized spacial score (nSPS) is 20.7. The van der Waals surface area contributed by atoms with E-state index in [0.29, 0.717) is 6.04 Å². The topological polar surface area (TPSA) is 46.5 Å². The Kier molecular flexibility index (Phi) is 5.99. The van der Waals surface area contributed by atoms with Crippen LogP contribution in [-0.4, -0.2) is 55.4 Å². The number of nitrogens with one attached hydrogen (secondary N) is 1. The van der Waals surface area contributed by atoms with E-state index in [4.69, 9.17) is 4.74 Å². The van der Waals surface area contributed by atoms with Gasteiger partial charge in [0.25, 0.3) is 0 Å². The Labute approximate surface area is 156 Å². The van der Waals surface area contributed by atoms with Gasteiger partial charge in [-0.3, -0.25) is 4.57 Å². The Morgan fingerprint density at radius 3 is 2.65 bits per heavy atom. The van der Waals surface area contributed by atoms with Crippen LogP contribution in [-0.2, 0) is 11.2 Å². The third-order valence-corrected chi connectivity index (χ3v) is 5.42. The van der Waals surface area contributed by atoms with Crippen molar-refractivity contribution in [3.63, 3.8) is 0 Å². The van der Waals surface area contributed by atoms with Crippen molar-refractivity contribution in [2.75, 3.05) is 27.7 Å². The fourth-order valence-electron chi connectivity index (χ4n) is 3.78. The van der Waals surface area contributed by atoms with Gasteiger partial charge in [0.1, 0.15) is 6.10 Å². The lowest BCUT2D eigenvalue weighted by atomic mass is 9.93. The smallest absolute Gasteiger partial charge is 0.418 e. The summed E-state index contributed by atoms with van der Waals surface area (Å²) in [6, 6.07) is 6.81. The second-order valence-electron chi connectivity index (χ2n) is 7.74. The summed E-state index contributed by atoms with van der Waals surface area (Å²) in [7, 11) is 6.14. The Balaban J connectivity index is 1.79. The van der Waals surface area contributed by atoms with Crippen molar-refractivity contribution in [3.8, 4) is 0 Å². The predicted octanol–water partition coefficient (Wildman–Crippen LogP) is 3.57. The summed E-state index contributed by atoms with van der Waals surface area (Å²) in [6.07, 6.45) is 6.66. The minimum Gasteiger partial charge on any atom is -0.446 e. The number of hydrogen-bond donors (Lipinski definition) is 1. The molecule has 0 spiro atoms. The van der Waals surface area contributed by atoms with Gasteiger partial charge < -0.3 is 15.0 Å². The zero-order chi connectivity index (χ0) is 18.7. The van der Waals surface area contributed by atoms with E-state index < -0.39 is 0 Å². The number of rotatable bonds is 5. The predicted molar refractivity (Wildman–Crippen MR) is 106 cm³/mol. The van der Waals surface area contributed by atoms with Gasteiger partial charge in [0, 0.05) is 24.2 Å². The molecular weight excluding hydrogens is 326 g/mol. The standard InChI is InChI=1S/C21H31N3O2/c1-15-5-10-20-19(13-15)16(11-12-23(3)4)14-24(20)21(25)26-18-8-6-17(22-2)7-9-18/h5,10,13-14,17-18,22H,6-9,11-12H2,1-4H3. The number of ether oxygens (including phenoxy) is 1. The van der Waals surface area contributed by atoms with Crippen molar-refractivity contribution in [3.05, 3.63) is 35.5 Å². The molecule has 1 heterocycles. The maximum absolute atomic E-state index is 12.8. The van der Waals surface area contributed by atoms with Crippen molar-refractivity contribution in [1.82, 2.24) is 14.8 Å². The molecule has 1 N–H and O–H groups in total. The molecule has 5 heteroatoms. The van der Waals surface area contributed by atoms with E-state index in [-0.39, 0.29) is 12.2 Å². The zero-order valence-corrected chi connectivity index (χ0v) is 16.4. The minimum absolute atomic E-state index is 0.0280. The van der Waals surface area contributed by atoms with Crippen LogP contribution in [0.4, 0.5) is 4.79 Å².